The minimum absolute atomic E-state index is 0.140. The van der Waals surface area contributed by atoms with Gasteiger partial charge in [-0.15, -0.1) is 0 Å². The summed E-state index contributed by atoms with van der Waals surface area (Å²) < 4.78 is 0. The van der Waals surface area contributed by atoms with E-state index in [1.54, 1.807) is 0 Å². The van der Waals surface area contributed by atoms with E-state index in [9.17, 15) is 10.2 Å². The van der Waals surface area contributed by atoms with Gasteiger partial charge >= 0.3 is 0 Å². The molecule has 2 N–H and O–H groups in total. The second-order valence-electron chi connectivity index (χ2n) is 7.04. The molecule has 0 aromatic rings. The van der Waals surface area contributed by atoms with Gasteiger partial charge in [0.25, 0.3) is 0 Å². The van der Waals surface area contributed by atoms with Crippen LogP contribution < -0.4 is 0 Å². The topological polar surface area (TPSA) is 40.5 Å². The third kappa shape index (κ3) is 1.32. The molecule has 0 radical (unpaired) electrons. The molecule has 4 bridgehead atoms. The summed E-state index contributed by atoms with van der Waals surface area (Å²) in [7, 11) is 0. The van der Waals surface area contributed by atoms with Crippen molar-refractivity contribution in [2.75, 3.05) is 0 Å². The van der Waals surface area contributed by atoms with Gasteiger partial charge in [0.1, 0.15) is 0 Å². The van der Waals surface area contributed by atoms with Crippen LogP contribution in [0.2, 0.25) is 0 Å². The van der Waals surface area contributed by atoms with Gasteiger partial charge < -0.3 is 10.2 Å². The Morgan fingerprint density at radius 2 is 1.25 bits per heavy atom. The fourth-order valence-electron chi connectivity index (χ4n) is 5.38. The molecule has 4 saturated carbocycles. The normalized spacial score (nSPS) is 54.0. The first-order chi connectivity index (χ1) is 7.46. The van der Waals surface area contributed by atoms with Crippen LogP contribution in [0, 0.1) is 22.7 Å². The largest absolute Gasteiger partial charge is 0.393 e. The lowest BCUT2D eigenvalue weighted by Crippen LogP contribution is -2.58. The Labute approximate surface area is 98.1 Å². The molecule has 4 rings (SSSR count). The lowest BCUT2D eigenvalue weighted by molar-refractivity contribution is -0.185. The summed E-state index contributed by atoms with van der Waals surface area (Å²) in [6.45, 7) is 3.92. The van der Waals surface area contributed by atoms with Crippen molar-refractivity contribution in [2.24, 2.45) is 22.7 Å². The summed E-state index contributed by atoms with van der Waals surface area (Å²) in [6.07, 6.45) is 6.83. The van der Waals surface area contributed by atoms with Gasteiger partial charge in [0.05, 0.1) is 12.2 Å². The van der Waals surface area contributed by atoms with Crippen LogP contribution in [0.15, 0.2) is 0 Å². The van der Waals surface area contributed by atoms with E-state index in [-0.39, 0.29) is 23.0 Å². The van der Waals surface area contributed by atoms with Crippen LogP contribution in [0.3, 0.4) is 0 Å². The second-order valence-corrected chi connectivity index (χ2v) is 7.04. The molecule has 0 spiro atoms. The van der Waals surface area contributed by atoms with Gasteiger partial charge in [0, 0.05) is 0 Å². The molecule has 0 amide bonds. The molecule has 0 unspecified atom stereocenters. The number of rotatable bonds is 2. The van der Waals surface area contributed by atoms with Crippen molar-refractivity contribution < 1.29 is 10.2 Å². The van der Waals surface area contributed by atoms with Crippen molar-refractivity contribution in [1.29, 1.82) is 0 Å². The Morgan fingerprint density at radius 1 is 0.875 bits per heavy atom. The van der Waals surface area contributed by atoms with Crippen LogP contribution in [0.5, 0.6) is 0 Å². The summed E-state index contributed by atoms with van der Waals surface area (Å²) in [5, 5.41) is 20.3. The molecule has 4 fully saturated rings. The van der Waals surface area contributed by atoms with E-state index in [0.29, 0.717) is 0 Å². The molecule has 2 heteroatoms. The zero-order chi connectivity index (χ0) is 11.6. The van der Waals surface area contributed by atoms with Crippen molar-refractivity contribution in [3.8, 4) is 0 Å². The van der Waals surface area contributed by atoms with Gasteiger partial charge in [-0.2, -0.15) is 0 Å². The van der Waals surface area contributed by atoms with Crippen molar-refractivity contribution in [2.45, 2.75) is 64.6 Å². The minimum atomic E-state index is -0.198. The van der Waals surface area contributed by atoms with Gasteiger partial charge in [0.2, 0.25) is 0 Å². The fourth-order valence-corrected chi connectivity index (χ4v) is 5.38. The van der Waals surface area contributed by atoms with Crippen molar-refractivity contribution >= 4 is 0 Å². The van der Waals surface area contributed by atoms with Crippen LogP contribution in [0.1, 0.15) is 52.4 Å². The Kier molecular flexibility index (Phi) is 2.23. The molecule has 2 atom stereocenters. The molecule has 4 aliphatic rings. The van der Waals surface area contributed by atoms with Crippen molar-refractivity contribution in [1.82, 2.24) is 0 Å². The lowest BCUT2D eigenvalue weighted by atomic mass is 9.42. The third-order valence-corrected chi connectivity index (χ3v) is 5.92. The standard InChI is InChI=1S/C14H24O2/c1-9(15)13-4-11-3-12(5-13)7-14(6-11,8-13)10(2)16/h9-12,15-16H,3-8H2,1-2H3/t9-,10-,11?,12?,13?,14?/m1/s1. The van der Waals surface area contributed by atoms with Crippen molar-refractivity contribution in [3.63, 3.8) is 0 Å². The number of hydrogen-bond donors (Lipinski definition) is 2. The molecule has 92 valence electrons. The number of hydrogen-bond acceptors (Lipinski definition) is 2. The van der Waals surface area contributed by atoms with Crippen LogP contribution in [-0.4, -0.2) is 22.4 Å². The maximum absolute atomic E-state index is 10.1. The molecule has 0 aromatic carbocycles. The van der Waals surface area contributed by atoms with Gasteiger partial charge in [-0.05, 0) is 75.0 Å². The van der Waals surface area contributed by atoms with E-state index in [1.165, 1.54) is 32.1 Å². The average Bonchev–Trinajstić information content (AvgIpc) is 2.14. The highest BCUT2D eigenvalue weighted by Gasteiger charge is 2.60. The monoisotopic (exact) mass is 224 g/mol. The molecule has 16 heavy (non-hydrogen) atoms. The zero-order valence-electron chi connectivity index (χ0n) is 10.4. The smallest absolute Gasteiger partial charge is 0.0568 e. The number of aliphatic hydroxyl groups is 2. The highest BCUT2D eigenvalue weighted by atomic mass is 16.3. The molecule has 0 heterocycles. The highest BCUT2D eigenvalue weighted by Crippen LogP contribution is 2.67. The first kappa shape index (κ1) is 11.0. The van der Waals surface area contributed by atoms with Gasteiger partial charge in [-0.3, -0.25) is 0 Å². The predicted octanol–water partition coefficient (Wildman–Crippen LogP) is 2.33. The van der Waals surface area contributed by atoms with E-state index >= 15 is 0 Å². The maximum atomic E-state index is 10.1. The summed E-state index contributed by atoms with van der Waals surface area (Å²) in [5.74, 6) is 1.54. The number of aliphatic hydroxyl groups excluding tert-OH is 2. The van der Waals surface area contributed by atoms with E-state index in [4.69, 9.17) is 0 Å². The molecule has 0 aliphatic heterocycles. The molecule has 4 aliphatic carbocycles. The quantitative estimate of drug-likeness (QED) is 0.756. The molecule has 0 aromatic heterocycles. The zero-order valence-corrected chi connectivity index (χ0v) is 10.4. The van der Waals surface area contributed by atoms with Crippen LogP contribution in [0.25, 0.3) is 0 Å². The van der Waals surface area contributed by atoms with Crippen LogP contribution in [0.4, 0.5) is 0 Å². The minimum Gasteiger partial charge on any atom is -0.393 e. The molecular weight excluding hydrogens is 200 g/mol. The molecule has 0 saturated heterocycles. The lowest BCUT2D eigenvalue weighted by Gasteiger charge is -2.64. The van der Waals surface area contributed by atoms with Crippen molar-refractivity contribution in [3.05, 3.63) is 0 Å². The first-order valence-corrected chi connectivity index (χ1v) is 6.82. The first-order valence-electron chi connectivity index (χ1n) is 6.82. The second kappa shape index (κ2) is 3.23. The molecular formula is C14H24O2. The van der Waals surface area contributed by atoms with E-state index in [2.05, 4.69) is 0 Å². The maximum Gasteiger partial charge on any atom is 0.0568 e. The van der Waals surface area contributed by atoms with E-state index in [1.807, 2.05) is 13.8 Å². The van der Waals surface area contributed by atoms with Crippen LogP contribution >= 0.6 is 0 Å². The Morgan fingerprint density at radius 3 is 1.56 bits per heavy atom. The van der Waals surface area contributed by atoms with Gasteiger partial charge in [-0.25, -0.2) is 0 Å². The molecule has 2 nitrogen and oxygen atoms in total. The van der Waals surface area contributed by atoms with E-state index in [0.717, 1.165) is 18.3 Å². The van der Waals surface area contributed by atoms with Gasteiger partial charge in [-0.1, -0.05) is 0 Å². The summed E-state index contributed by atoms with van der Waals surface area (Å²) >= 11 is 0. The van der Waals surface area contributed by atoms with Gasteiger partial charge in [0.15, 0.2) is 0 Å². The van der Waals surface area contributed by atoms with E-state index < -0.39 is 0 Å². The summed E-state index contributed by atoms with van der Waals surface area (Å²) in [6, 6.07) is 0. The average molecular weight is 224 g/mol. The van der Waals surface area contributed by atoms with Crippen LogP contribution in [-0.2, 0) is 0 Å². The predicted molar refractivity (Wildman–Crippen MR) is 62.9 cm³/mol. The third-order valence-electron chi connectivity index (χ3n) is 5.92. The fraction of sp³-hybridized carbons (Fsp3) is 1.00. The Balaban J connectivity index is 1.97. The SMILES string of the molecule is C[C@@H](O)C12CC3CC(C1)CC([C@@H](C)O)(C3)C2. The summed E-state index contributed by atoms with van der Waals surface area (Å²) in [4.78, 5) is 0. The summed E-state index contributed by atoms with van der Waals surface area (Å²) in [5.41, 5.74) is 0.280. The Bertz CT molecular complexity index is 255. The highest BCUT2D eigenvalue weighted by molar-refractivity contribution is 5.10. The Hall–Kier alpha value is -0.0800.